The van der Waals surface area contributed by atoms with Crippen molar-refractivity contribution in [3.63, 3.8) is 0 Å². The molecule has 3 N–H and O–H groups in total. The highest BCUT2D eigenvalue weighted by Gasteiger charge is 2.17. The zero-order chi connectivity index (χ0) is 18.2. The number of unbranched alkanes of at least 4 members (excludes halogenated alkanes) is 1. The van der Waals surface area contributed by atoms with Crippen LogP contribution in [-0.4, -0.2) is 28.7 Å². The summed E-state index contributed by atoms with van der Waals surface area (Å²) < 4.78 is 5.52. The summed E-state index contributed by atoms with van der Waals surface area (Å²) in [5.41, 5.74) is 1.05. The lowest BCUT2D eigenvalue weighted by molar-refractivity contribution is 0.0695. The molecule has 0 bridgehead atoms. The van der Waals surface area contributed by atoms with Crippen LogP contribution in [0.4, 0.5) is 5.69 Å². The lowest BCUT2D eigenvalue weighted by Gasteiger charge is -2.10. The Morgan fingerprint density at radius 1 is 1.12 bits per heavy atom. The van der Waals surface area contributed by atoms with Gasteiger partial charge in [0, 0.05) is 12.2 Å². The maximum absolute atomic E-state index is 12.3. The molecule has 0 aliphatic carbocycles. The number of hydrogen-bond donors (Lipinski definition) is 3. The first-order valence-corrected chi connectivity index (χ1v) is 8.06. The van der Waals surface area contributed by atoms with E-state index < -0.39 is 17.6 Å². The normalized spacial score (nSPS) is 10.4. The van der Waals surface area contributed by atoms with Crippen LogP contribution in [0.2, 0.25) is 0 Å². The smallest absolute Gasteiger partial charge is 0.341 e. The molecule has 132 valence electrons. The number of carboxylic acid groups (broad SMARTS) is 1. The molecule has 1 amide bonds. The van der Waals surface area contributed by atoms with Gasteiger partial charge in [-0.3, -0.25) is 4.79 Å². The molecule has 0 unspecified atom stereocenters. The Hall–Kier alpha value is -2.86. The molecule has 2 rings (SSSR count). The molecule has 0 saturated heterocycles. The third-order valence-electron chi connectivity index (χ3n) is 3.63. The molecule has 6 heteroatoms. The molecule has 2 aromatic carbocycles. The number of phenols is 1. The molecule has 6 nitrogen and oxygen atoms in total. The molecule has 0 heterocycles. The summed E-state index contributed by atoms with van der Waals surface area (Å²) >= 11 is 0. The first kappa shape index (κ1) is 18.5. The molecule has 0 aliphatic heterocycles. The summed E-state index contributed by atoms with van der Waals surface area (Å²) in [6, 6.07) is 11.0. The maximum atomic E-state index is 12.3. The monoisotopic (exact) mass is 343 g/mol. The number of nitrogens with one attached hydrogen (secondary N) is 1. The Morgan fingerprint density at radius 2 is 1.84 bits per heavy atom. The van der Waals surface area contributed by atoms with E-state index >= 15 is 0 Å². The quantitative estimate of drug-likeness (QED) is 0.636. The van der Waals surface area contributed by atoms with E-state index in [4.69, 9.17) is 9.84 Å². The number of carbonyl (C=O) groups is 2. The third-order valence-corrected chi connectivity index (χ3v) is 3.63. The second-order valence-corrected chi connectivity index (χ2v) is 5.56. The van der Waals surface area contributed by atoms with Gasteiger partial charge in [-0.1, -0.05) is 31.5 Å². The van der Waals surface area contributed by atoms with Crippen LogP contribution in [0.1, 0.15) is 46.0 Å². The molecule has 0 radical (unpaired) electrons. The van der Waals surface area contributed by atoms with Crippen molar-refractivity contribution in [1.29, 1.82) is 0 Å². The molecule has 25 heavy (non-hydrogen) atoms. The van der Waals surface area contributed by atoms with Crippen molar-refractivity contribution in [3.8, 4) is 5.75 Å². The van der Waals surface area contributed by atoms with Crippen molar-refractivity contribution in [2.75, 3.05) is 11.9 Å². The number of aromatic carboxylic acids is 1. The summed E-state index contributed by atoms with van der Waals surface area (Å²) in [5.74, 6) is -2.16. The van der Waals surface area contributed by atoms with E-state index in [0.717, 1.165) is 18.4 Å². The Labute approximate surface area is 146 Å². The summed E-state index contributed by atoms with van der Waals surface area (Å²) in [5, 5.41) is 21.3. The number of anilines is 1. The molecule has 0 atom stereocenters. The molecule has 0 spiro atoms. The van der Waals surface area contributed by atoms with Gasteiger partial charge in [0.15, 0.2) is 0 Å². The van der Waals surface area contributed by atoms with Crippen molar-refractivity contribution in [2.45, 2.75) is 26.4 Å². The van der Waals surface area contributed by atoms with Crippen LogP contribution in [0.5, 0.6) is 5.75 Å². The molecular weight excluding hydrogens is 322 g/mol. The average molecular weight is 343 g/mol. The van der Waals surface area contributed by atoms with Crippen LogP contribution in [-0.2, 0) is 11.3 Å². The second kappa shape index (κ2) is 8.84. The molecule has 0 fully saturated rings. The lowest BCUT2D eigenvalue weighted by Crippen LogP contribution is -2.15. The van der Waals surface area contributed by atoms with E-state index in [2.05, 4.69) is 12.2 Å². The zero-order valence-corrected chi connectivity index (χ0v) is 14.0. The Bertz CT molecular complexity index is 740. The van der Waals surface area contributed by atoms with Gasteiger partial charge in [0.1, 0.15) is 11.3 Å². The highest BCUT2D eigenvalue weighted by molar-refractivity contribution is 6.08. The number of ether oxygens (including phenoxy) is 1. The van der Waals surface area contributed by atoms with Crippen LogP contribution in [0, 0.1) is 0 Å². The third kappa shape index (κ3) is 5.06. The lowest BCUT2D eigenvalue weighted by atomic mass is 10.1. The van der Waals surface area contributed by atoms with Gasteiger partial charge in [-0.15, -0.1) is 0 Å². The van der Waals surface area contributed by atoms with E-state index in [-0.39, 0.29) is 11.3 Å². The van der Waals surface area contributed by atoms with E-state index in [0.29, 0.717) is 18.8 Å². The number of benzene rings is 2. The minimum absolute atomic E-state index is 0.0458. The van der Waals surface area contributed by atoms with Gasteiger partial charge < -0.3 is 20.3 Å². The van der Waals surface area contributed by atoms with Gasteiger partial charge in [-0.05, 0) is 36.2 Å². The van der Waals surface area contributed by atoms with Gasteiger partial charge in [-0.2, -0.15) is 0 Å². The Morgan fingerprint density at radius 3 is 2.48 bits per heavy atom. The number of rotatable bonds is 8. The summed E-state index contributed by atoms with van der Waals surface area (Å²) in [4.78, 5) is 23.5. The van der Waals surface area contributed by atoms with Crippen LogP contribution >= 0.6 is 0 Å². The van der Waals surface area contributed by atoms with Gasteiger partial charge in [-0.25, -0.2) is 4.79 Å². The summed E-state index contributed by atoms with van der Waals surface area (Å²) in [7, 11) is 0. The van der Waals surface area contributed by atoms with Crippen molar-refractivity contribution in [3.05, 3.63) is 59.2 Å². The highest BCUT2D eigenvalue weighted by atomic mass is 16.5. The SMILES string of the molecule is CCCCOCc1ccc(C(=O)Nc2cccc(O)c2C(=O)O)cc1. The maximum Gasteiger partial charge on any atom is 0.341 e. The minimum Gasteiger partial charge on any atom is -0.507 e. The summed E-state index contributed by atoms with van der Waals surface area (Å²) in [6.45, 7) is 3.28. The van der Waals surface area contributed by atoms with Gasteiger partial charge in [0.2, 0.25) is 0 Å². The highest BCUT2D eigenvalue weighted by Crippen LogP contribution is 2.25. The molecule has 0 aliphatic rings. The molecule has 2 aromatic rings. The number of hydrogen-bond acceptors (Lipinski definition) is 4. The van der Waals surface area contributed by atoms with E-state index in [9.17, 15) is 14.7 Å². The van der Waals surface area contributed by atoms with E-state index in [1.54, 1.807) is 24.3 Å². The Balaban J connectivity index is 2.04. The number of amides is 1. The fourth-order valence-corrected chi connectivity index (χ4v) is 2.25. The Kier molecular flexibility index (Phi) is 6.54. The predicted molar refractivity (Wildman–Crippen MR) is 94.0 cm³/mol. The van der Waals surface area contributed by atoms with Crippen molar-refractivity contribution in [2.24, 2.45) is 0 Å². The molecule has 0 saturated carbocycles. The molecular formula is C19H21NO5. The van der Waals surface area contributed by atoms with Crippen LogP contribution in [0.25, 0.3) is 0 Å². The van der Waals surface area contributed by atoms with Gasteiger partial charge >= 0.3 is 5.97 Å². The van der Waals surface area contributed by atoms with E-state index in [1.165, 1.54) is 18.2 Å². The fourth-order valence-electron chi connectivity index (χ4n) is 2.25. The van der Waals surface area contributed by atoms with Crippen LogP contribution in [0.15, 0.2) is 42.5 Å². The zero-order valence-electron chi connectivity index (χ0n) is 14.0. The molecule has 0 aromatic heterocycles. The topological polar surface area (TPSA) is 95.9 Å². The first-order valence-electron chi connectivity index (χ1n) is 8.06. The predicted octanol–water partition coefficient (Wildman–Crippen LogP) is 3.66. The number of carbonyl (C=O) groups excluding carboxylic acids is 1. The van der Waals surface area contributed by atoms with Gasteiger partial charge in [0.25, 0.3) is 5.91 Å². The van der Waals surface area contributed by atoms with Crippen LogP contribution < -0.4 is 5.32 Å². The minimum atomic E-state index is -1.31. The van der Waals surface area contributed by atoms with Crippen molar-refractivity contribution >= 4 is 17.6 Å². The van der Waals surface area contributed by atoms with Crippen molar-refractivity contribution < 1.29 is 24.5 Å². The first-order chi connectivity index (χ1) is 12.0. The second-order valence-electron chi connectivity index (χ2n) is 5.56. The summed E-state index contributed by atoms with van der Waals surface area (Å²) in [6.07, 6.45) is 2.09. The average Bonchev–Trinajstić information content (AvgIpc) is 2.59. The number of carboxylic acids is 1. The van der Waals surface area contributed by atoms with Crippen LogP contribution in [0.3, 0.4) is 0 Å². The fraction of sp³-hybridized carbons (Fsp3) is 0.263. The largest absolute Gasteiger partial charge is 0.507 e. The standard InChI is InChI=1S/C19H21NO5/c1-2-3-11-25-12-13-7-9-14(10-8-13)18(22)20-15-5-4-6-16(21)17(15)19(23)24/h4-10,21H,2-3,11-12H2,1H3,(H,20,22)(H,23,24). The van der Waals surface area contributed by atoms with Gasteiger partial charge in [0.05, 0.1) is 12.3 Å². The number of aromatic hydroxyl groups is 1. The van der Waals surface area contributed by atoms with E-state index in [1.807, 2.05) is 0 Å². The van der Waals surface area contributed by atoms with Crippen molar-refractivity contribution in [1.82, 2.24) is 0 Å².